The number of anilines is 1. The van der Waals surface area contributed by atoms with Crippen LogP contribution in [0, 0.1) is 0 Å². The average molecular weight is 310 g/mol. The van der Waals surface area contributed by atoms with Gasteiger partial charge in [0.2, 0.25) is 0 Å². The summed E-state index contributed by atoms with van der Waals surface area (Å²) in [4.78, 5) is 12.3. The molecule has 0 heterocycles. The predicted octanol–water partition coefficient (Wildman–Crippen LogP) is 4.13. The van der Waals surface area contributed by atoms with E-state index in [0.717, 1.165) is 17.0 Å². The van der Waals surface area contributed by atoms with Gasteiger partial charge in [-0.1, -0.05) is 61.6 Å². The van der Waals surface area contributed by atoms with Crippen LogP contribution in [0.25, 0.3) is 0 Å². The van der Waals surface area contributed by atoms with Crippen LogP contribution in [-0.4, -0.2) is 20.5 Å². The Balaban J connectivity index is 2.14. The van der Waals surface area contributed by atoms with Crippen molar-refractivity contribution >= 4 is 26.1 Å². The van der Waals surface area contributed by atoms with Crippen LogP contribution in [0.1, 0.15) is 23.7 Å². The second-order valence-electron chi connectivity index (χ2n) is 5.58. The molecule has 0 spiro atoms. The average Bonchev–Trinajstić information content (AvgIpc) is 2.54. The number of ketones is 1. The zero-order valence-corrected chi connectivity index (χ0v) is 14.5. The van der Waals surface area contributed by atoms with Crippen molar-refractivity contribution < 1.29 is 4.79 Å². The van der Waals surface area contributed by atoms with Crippen molar-refractivity contribution in [3.8, 4) is 0 Å². The van der Waals surface area contributed by atoms with E-state index in [4.69, 9.17) is 5.10 Å². The van der Waals surface area contributed by atoms with Crippen molar-refractivity contribution in [2.24, 2.45) is 5.10 Å². The first-order valence-electron chi connectivity index (χ1n) is 7.54. The molecule has 0 atom stereocenters. The highest BCUT2D eigenvalue weighted by atomic mass is 28.3. The molecular weight excluding hydrogens is 288 g/mol. The summed E-state index contributed by atoms with van der Waals surface area (Å²) in [6.45, 7) is 6.37. The van der Waals surface area contributed by atoms with Crippen molar-refractivity contribution in [1.29, 1.82) is 0 Å². The minimum Gasteiger partial charge on any atom is -0.299 e. The third-order valence-electron chi connectivity index (χ3n) is 3.30. The number of hydrazone groups is 1. The summed E-state index contributed by atoms with van der Waals surface area (Å²) in [5.41, 5.74) is 2.68. The Morgan fingerprint density at radius 2 is 1.55 bits per heavy atom. The summed E-state index contributed by atoms with van der Waals surface area (Å²) in [6, 6.07) is 19.5. The molecule has 0 aromatic heterocycles. The van der Waals surface area contributed by atoms with Crippen molar-refractivity contribution in [3.63, 3.8) is 0 Å². The Morgan fingerprint density at radius 1 is 1.00 bits per heavy atom. The maximum absolute atomic E-state index is 12.3. The standard InChI is InChI=1S/C18H22N2OSi/c1-15(14-18(21)16-10-6-4-7-11-16)19-20(22(2)3)17-12-8-5-9-13-17/h4-13,22H,14H2,1-3H3. The van der Waals surface area contributed by atoms with Crippen LogP contribution in [0.3, 0.4) is 0 Å². The van der Waals surface area contributed by atoms with Crippen molar-refractivity contribution in [2.45, 2.75) is 26.4 Å². The summed E-state index contributed by atoms with van der Waals surface area (Å²) in [5.74, 6) is 0.111. The van der Waals surface area contributed by atoms with Crippen LogP contribution in [0.5, 0.6) is 0 Å². The number of benzene rings is 2. The fourth-order valence-electron chi connectivity index (χ4n) is 2.23. The van der Waals surface area contributed by atoms with Gasteiger partial charge in [0.1, 0.15) is 0 Å². The lowest BCUT2D eigenvalue weighted by atomic mass is 10.1. The Labute approximate surface area is 134 Å². The van der Waals surface area contributed by atoms with Gasteiger partial charge in [0, 0.05) is 17.0 Å². The third kappa shape index (κ3) is 4.40. The SMILES string of the molecule is CC(CC(=O)c1ccccc1)=NN(c1ccccc1)[SiH](C)C. The second-order valence-corrected chi connectivity index (χ2v) is 8.25. The first-order chi connectivity index (χ1) is 10.6. The van der Waals surface area contributed by atoms with Gasteiger partial charge in [-0.05, 0) is 19.1 Å². The summed E-state index contributed by atoms with van der Waals surface area (Å²) in [7, 11) is -1.15. The Bertz CT molecular complexity index is 639. The lowest BCUT2D eigenvalue weighted by Crippen LogP contribution is -2.30. The Morgan fingerprint density at radius 3 is 2.09 bits per heavy atom. The van der Waals surface area contributed by atoms with Gasteiger partial charge in [-0.2, -0.15) is 5.10 Å². The van der Waals surface area contributed by atoms with Gasteiger partial charge >= 0.3 is 0 Å². The molecule has 22 heavy (non-hydrogen) atoms. The summed E-state index contributed by atoms with van der Waals surface area (Å²) >= 11 is 0. The van der Waals surface area contributed by atoms with Crippen LogP contribution in [0.4, 0.5) is 5.69 Å². The molecular formula is C18H22N2OSi. The molecule has 0 fully saturated rings. The smallest absolute Gasteiger partial charge is 0.168 e. The maximum Gasteiger partial charge on any atom is 0.168 e. The molecule has 0 bridgehead atoms. The van der Waals surface area contributed by atoms with E-state index in [1.54, 1.807) is 0 Å². The van der Waals surface area contributed by atoms with Crippen LogP contribution < -0.4 is 4.67 Å². The first-order valence-corrected chi connectivity index (χ1v) is 10.4. The molecule has 0 unspecified atom stereocenters. The molecule has 114 valence electrons. The molecule has 0 N–H and O–H groups in total. The normalized spacial score (nSPS) is 11.5. The minimum atomic E-state index is -1.15. The highest BCUT2D eigenvalue weighted by Crippen LogP contribution is 2.16. The Hall–Kier alpha value is -2.20. The van der Waals surface area contributed by atoms with Gasteiger partial charge in [-0.15, -0.1) is 0 Å². The molecule has 0 aliphatic rings. The summed E-state index contributed by atoms with van der Waals surface area (Å²) < 4.78 is 2.09. The van der Waals surface area contributed by atoms with E-state index >= 15 is 0 Å². The number of carbonyl (C=O) groups excluding carboxylic acids is 1. The van der Waals surface area contributed by atoms with Crippen molar-refractivity contribution in [1.82, 2.24) is 0 Å². The fourth-order valence-corrected chi connectivity index (χ4v) is 3.43. The molecule has 0 saturated heterocycles. The number of rotatable bonds is 6. The van der Waals surface area contributed by atoms with E-state index < -0.39 is 8.96 Å². The van der Waals surface area contributed by atoms with Crippen LogP contribution in [-0.2, 0) is 0 Å². The quantitative estimate of drug-likeness (QED) is 0.348. The molecule has 0 aliphatic carbocycles. The second kappa shape index (κ2) is 7.71. The van der Waals surface area contributed by atoms with Gasteiger partial charge < -0.3 is 0 Å². The summed E-state index contributed by atoms with van der Waals surface area (Å²) in [6.07, 6.45) is 0.356. The zero-order valence-electron chi connectivity index (χ0n) is 13.4. The van der Waals surface area contributed by atoms with Crippen LogP contribution in [0.2, 0.25) is 13.1 Å². The van der Waals surface area contributed by atoms with Crippen molar-refractivity contribution in [2.75, 3.05) is 4.67 Å². The van der Waals surface area contributed by atoms with Gasteiger partial charge in [0.15, 0.2) is 14.7 Å². The number of hydrogen-bond donors (Lipinski definition) is 0. The number of Topliss-reactive ketones (excluding diaryl/α,β-unsaturated/α-hetero) is 1. The molecule has 2 aromatic carbocycles. The number of carbonyl (C=O) groups is 1. The van der Waals surface area contributed by atoms with E-state index in [2.05, 4.69) is 29.9 Å². The first kappa shape index (κ1) is 16.2. The molecule has 0 amide bonds. The van der Waals surface area contributed by atoms with E-state index in [1.807, 2.05) is 55.5 Å². The molecule has 2 aromatic rings. The minimum absolute atomic E-state index is 0.111. The van der Waals surface area contributed by atoms with E-state index in [1.165, 1.54) is 0 Å². The van der Waals surface area contributed by atoms with Crippen LogP contribution in [0.15, 0.2) is 65.8 Å². The monoisotopic (exact) mass is 310 g/mol. The molecule has 0 saturated carbocycles. The molecule has 0 aliphatic heterocycles. The van der Waals surface area contributed by atoms with E-state index in [-0.39, 0.29) is 5.78 Å². The number of hydrogen-bond acceptors (Lipinski definition) is 3. The largest absolute Gasteiger partial charge is 0.299 e. The molecule has 3 nitrogen and oxygen atoms in total. The Kier molecular flexibility index (Phi) is 5.66. The lowest BCUT2D eigenvalue weighted by Gasteiger charge is -2.24. The van der Waals surface area contributed by atoms with Gasteiger partial charge in [-0.25, -0.2) is 0 Å². The highest BCUT2D eigenvalue weighted by Gasteiger charge is 2.12. The predicted molar refractivity (Wildman–Crippen MR) is 96.3 cm³/mol. The van der Waals surface area contributed by atoms with Gasteiger partial charge in [0.05, 0.1) is 6.42 Å². The van der Waals surface area contributed by atoms with E-state index in [9.17, 15) is 4.79 Å². The molecule has 0 radical (unpaired) electrons. The maximum atomic E-state index is 12.3. The zero-order chi connectivity index (χ0) is 15.9. The fraction of sp³-hybridized carbons (Fsp3) is 0.222. The number of para-hydroxylation sites is 1. The van der Waals surface area contributed by atoms with Gasteiger partial charge in [0.25, 0.3) is 0 Å². The lowest BCUT2D eigenvalue weighted by molar-refractivity contribution is 0.100. The number of nitrogens with zero attached hydrogens (tertiary/aromatic N) is 2. The van der Waals surface area contributed by atoms with E-state index in [0.29, 0.717) is 6.42 Å². The molecule has 2 rings (SSSR count). The van der Waals surface area contributed by atoms with Gasteiger partial charge in [-0.3, -0.25) is 9.47 Å². The topological polar surface area (TPSA) is 32.7 Å². The highest BCUT2D eigenvalue weighted by molar-refractivity contribution is 6.60. The summed E-state index contributed by atoms with van der Waals surface area (Å²) in [5, 5.41) is 4.70. The third-order valence-corrected chi connectivity index (χ3v) is 4.69. The van der Waals surface area contributed by atoms with Crippen LogP contribution >= 0.6 is 0 Å². The van der Waals surface area contributed by atoms with Crippen molar-refractivity contribution in [3.05, 3.63) is 66.2 Å². The molecule has 4 heteroatoms.